The number of aryl methyl sites for hydroxylation is 8. The molecular formula is C26H32S2. The van der Waals surface area contributed by atoms with E-state index < -0.39 is 0 Å². The van der Waals surface area contributed by atoms with Crippen LogP contribution in [-0.4, -0.2) is 0 Å². The summed E-state index contributed by atoms with van der Waals surface area (Å²) in [5.74, 6) is 0. The lowest BCUT2D eigenvalue weighted by Crippen LogP contribution is -1.87. The molecule has 4 rings (SSSR count). The molecule has 0 saturated carbocycles. The summed E-state index contributed by atoms with van der Waals surface area (Å²) in [5.41, 5.74) is 11.6. The zero-order valence-corrected chi connectivity index (χ0v) is 20.6. The first-order chi connectivity index (χ1) is 13.0. The fourth-order valence-corrected chi connectivity index (χ4v) is 6.48. The van der Waals surface area contributed by atoms with E-state index >= 15 is 0 Å². The molecule has 0 atom stereocenters. The molecule has 0 aliphatic rings. The van der Waals surface area contributed by atoms with E-state index in [4.69, 9.17) is 0 Å². The van der Waals surface area contributed by atoms with Gasteiger partial charge in [0.1, 0.15) is 0 Å². The molecule has 0 fully saturated rings. The average Bonchev–Trinajstić information content (AvgIpc) is 3.07. The molecule has 28 heavy (non-hydrogen) atoms. The first kappa shape index (κ1) is 21.1. The Hall–Kier alpha value is -1.64. The molecule has 0 spiro atoms. The number of hydrogen-bond acceptors (Lipinski definition) is 2. The molecular weight excluding hydrogens is 376 g/mol. The van der Waals surface area contributed by atoms with Crippen molar-refractivity contribution in [2.45, 2.75) is 69.2 Å². The maximum atomic E-state index is 2.32. The molecule has 148 valence electrons. The van der Waals surface area contributed by atoms with E-state index in [0.717, 1.165) is 0 Å². The van der Waals surface area contributed by atoms with Crippen LogP contribution < -0.4 is 0 Å². The highest BCUT2D eigenvalue weighted by Crippen LogP contribution is 2.36. The van der Waals surface area contributed by atoms with Crippen molar-refractivity contribution in [3.05, 3.63) is 66.4 Å². The van der Waals surface area contributed by atoms with E-state index in [9.17, 15) is 0 Å². The zero-order valence-electron chi connectivity index (χ0n) is 19.0. The minimum absolute atomic E-state index is 1.41. The molecule has 0 unspecified atom stereocenters. The quantitative estimate of drug-likeness (QED) is 0.272. The number of thiophene rings is 2. The third-order valence-electron chi connectivity index (χ3n) is 6.58. The van der Waals surface area contributed by atoms with Gasteiger partial charge in [-0.3, -0.25) is 0 Å². The van der Waals surface area contributed by atoms with Crippen LogP contribution in [-0.2, 0) is 0 Å². The summed E-state index contributed by atoms with van der Waals surface area (Å²) in [6, 6.07) is 4.64. The summed E-state index contributed by atoms with van der Waals surface area (Å²) < 4.78 is 2.89. The standard InChI is InChI=1S/2C13H16S/c2*1-7-6-12-13(9(3)8(7)2)10(4)11(5)14-12/h2*6H,1-5H3. The SMILES string of the molecule is Cc1cc2sc(C)c(C)c2c(C)c1C.Cc1cc2sc(C)c(C)c2c(C)c1C. The predicted molar refractivity (Wildman–Crippen MR) is 131 cm³/mol. The second-order valence-corrected chi connectivity index (χ2v) is 10.7. The van der Waals surface area contributed by atoms with Crippen LogP contribution in [0.3, 0.4) is 0 Å². The summed E-state index contributed by atoms with van der Waals surface area (Å²) in [5, 5.41) is 2.96. The van der Waals surface area contributed by atoms with Crippen LogP contribution >= 0.6 is 22.7 Å². The molecule has 0 amide bonds. The first-order valence-electron chi connectivity index (χ1n) is 9.97. The fourth-order valence-electron chi connectivity index (χ4n) is 4.02. The molecule has 0 nitrogen and oxygen atoms in total. The molecule has 0 N–H and O–H groups in total. The van der Waals surface area contributed by atoms with E-state index in [1.54, 1.807) is 0 Å². The molecule has 2 aromatic heterocycles. The van der Waals surface area contributed by atoms with E-state index in [-0.39, 0.29) is 0 Å². The minimum Gasteiger partial charge on any atom is -0.140 e. The van der Waals surface area contributed by atoms with Crippen LogP contribution in [0.5, 0.6) is 0 Å². The second kappa shape index (κ2) is 7.65. The lowest BCUT2D eigenvalue weighted by molar-refractivity contribution is 1.29. The molecule has 0 aliphatic carbocycles. The van der Waals surface area contributed by atoms with E-state index in [2.05, 4.69) is 81.4 Å². The summed E-state index contributed by atoms with van der Waals surface area (Å²) in [6.07, 6.45) is 0. The molecule has 2 heteroatoms. The monoisotopic (exact) mass is 408 g/mol. The molecule has 0 aliphatic heterocycles. The third kappa shape index (κ3) is 3.42. The van der Waals surface area contributed by atoms with Crippen molar-refractivity contribution in [2.24, 2.45) is 0 Å². The third-order valence-corrected chi connectivity index (χ3v) is 8.89. The van der Waals surface area contributed by atoms with Crippen LogP contribution in [0, 0.1) is 69.2 Å². The van der Waals surface area contributed by atoms with Gasteiger partial charge in [-0.15, -0.1) is 22.7 Å². The number of hydrogen-bond donors (Lipinski definition) is 0. The van der Waals surface area contributed by atoms with Crippen molar-refractivity contribution in [1.29, 1.82) is 0 Å². The minimum atomic E-state index is 1.41. The highest BCUT2D eigenvalue weighted by molar-refractivity contribution is 7.19. The Labute approximate surface area is 178 Å². The lowest BCUT2D eigenvalue weighted by Gasteiger charge is -2.06. The van der Waals surface area contributed by atoms with E-state index in [1.807, 2.05) is 22.7 Å². The normalized spacial score (nSPS) is 11.2. The Morgan fingerprint density at radius 3 is 1.07 bits per heavy atom. The molecule has 4 aromatic rings. The van der Waals surface area contributed by atoms with Gasteiger partial charge in [0, 0.05) is 19.2 Å². The number of benzene rings is 2. The Bertz CT molecular complexity index is 1100. The largest absolute Gasteiger partial charge is 0.140 e. The van der Waals surface area contributed by atoms with Crippen molar-refractivity contribution < 1.29 is 0 Å². The van der Waals surface area contributed by atoms with Crippen LogP contribution in [0.15, 0.2) is 12.1 Å². The Morgan fingerprint density at radius 1 is 0.429 bits per heavy atom. The smallest absolute Gasteiger partial charge is 0.0353 e. The van der Waals surface area contributed by atoms with Gasteiger partial charge in [-0.1, -0.05) is 0 Å². The topological polar surface area (TPSA) is 0 Å². The van der Waals surface area contributed by atoms with Crippen molar-refractivity contribution in [3.63, 3.8) is 0 Å². The van der Waals surface area contributed by atoms with Gasteiger partial charge in [-0.25, -0.2) is 0 Å². The maximum absolute atomic E-state index is 2.32. The molecule has 2 heterocycles. The predicted octanol–water partition coefficient (Wildman–Crippen LogP) is 8.89. The molecule has 0 radical (unpaired) electrons. The second-order valence-electron chi connectivity index (χ2n) is 8.20. The fraction of sp³-hybridized carbons (Fsp3) is 0.385. The van der Waals surface area contributed by atoms with Gasteiger partial charge in [0.05, 0.1) is 0 Å². The number of rotatable bonds is 0. The average molecular weight is 409 g/mol. The van der Waals surface area contributed by atoms with Gasteiger partial charge in [0.2, 0.25) is 0 Å². The van der Waals surface area contributed by atoms with Crippen LogP contribution in [0.2, 0.25) is 0 Å². The van der Waals surface area contributed by atoms with Gasteiger partial charge in [-0.2, -0.15) is 0 Å². The van der Waals surface area contributed by atoms with Gasteiger partial charge < -0.3 is 0 Å². The molecule has 0 bridgehead atoms. The van der Waals surface area contributed by atoms with Gasteiger partial charge >= 0.3 is 0 Å². The van der Waals surface area contributed by atoms with Crippen molar-refractivity contribution >= 4 is 42.8 Å². The summed E-state index contributed by atoms with van der Waals surface area (Å²) in [4.78, 5) is 2.90. The highest BCUT2D eigenvalue weighted by atomic mass is 32.1. The summed E-state index contributed by atoms with van der Waals surface area (Å²) in [6.45, 7) is 22.2. The Morgan fingerprint density at radius 2 is 0.750 bits per heavy atom. The Kier molecular flexibility index (Phi) is 5.76. The van der Waals surface area contributed by atoms with E-state index in [0.29, 0.717) is 0 Å². The Balaban J connectivity index is 0.000000161. The number of fused-ring (bicyclic) bond motifs is 2. The first-order valence-corrected chi connectivity index (χ1v) is 11.6. The van der Waals surface area contributed by atoms with Gasteiger partial charge in [-0.05, 0) is 137 Å². The summed E-state index contributed by atoms with van der Waals surface area (Å²) >= 11 is 3.83. The van der Waals surface area contributed by atoms with E-state index in [1.165, 1.54) is 74.4 Å². The highest BCUT2D eigenvalue weighted by Gasteiger charge is 2.11. The van der Waals surface area contributed by atoms with Gasteiger partial charge in [0.15, 0.2) is 0 Å². The summed E-state index contributed by atoms with van der Waals surface area (Å²) in [7, 11) is 0. The van der Waals surface area contributed by atoms with Crippen LogP contribution in [0.4, 0.5) is 0 Å². The van der Waals surface area contributed by atoms with Crippen molar-refractivity contribution in [3.8, 4) is 0 Å². The van der Waals surface area contributed by atoms with Gasteiger partial charge in [0.25, 0.3) is 0 Å². The van der Waals surface area contributed by atoms with Crippen LogP contribution in [0.25, 0.3) is 20.2 Å². The molecule has 2 aromatic carbocycles. The zero-order chi connectivity index (χ0) is 20.9. The van der Waals surface area contributed by atoms with Crippen molar-refractivity contribution in [1.82, 2.24) is 0 Å². The van der Waals surface area contributed by atoms with Crippen LogP contribution in [0.1, 0.15) is 54.3 Å². The molecule has 0 saturated heterocycles. The maximum Gasteiger partial charge on any atom is 0.0353 e. The lowest BCUT2D eigenvalue weighted by atomic mass is 9.98. The van der Waals surface area contributed by atoms with Crippen molar-refractivity contribution in [2.75, 3.05) is 0 Å².